The van der Waals surface area contributed by atoms with E-state index in [2.05, 4.69) is 0 Å². The third-order valence-corrected chi connectivity index (χ3v) is 5.12. The summed E-state index contributed by atoms with van der Waals surface area (Å²) >= 11 is 0. The fourth-order valence-electron chi connectivity index (χ4n) is 2.03. The molecule has 0 spiro atoms. The molecule has 0 atom stereocenters. The van der Waals surface area contributed by atoms with Crippen LogP contribution >= 0.6 is 0 Å². The van der Waals surface area contributed by atoms with Crippen molar-refractivity contribution in [3.05, 3.63) is 0 Å². The molecule has 0 radical (unpaired) electrons. The van der Waals surface area contributed by atoms with Gasteiger partial charge in [-0.3, -0.25) is 0 Å². The van der Waals surface area contributed by atoms with E-state index in [1.807, 2.05) is 13.8 Å². The van der Waals surface area contributed by atoms with Crippen LogP contribution in [-0.2, 0) is 14.8 Å². The number of rotatable bonds is 7. The fraction of sp³-hybridized carbons (Fsp3) is 1.00. The molecule has 6 heteroatoms. The van der Waals surface area contributed by atoms with Crippen LogP contribution in [0.15, 0.2) is 0 Å². The minimum atomic E-state index is -3.07. The highest BCUT2D eigenvalue weighted by molar-refractivity contribution is 7.89. The van der Waals surface area contributed by atoms with Crippen LogP contribution in [0, 0.1) is 5.92 Å². The molecule has 1 fully saturated rings. The second kappa shape index (κ2) is 7.43. The molecule has 108 valence electrons. The summed E-state index contributed by atoms with van der Waals surface area (Å²) in [5.41, 5.74) is 5.38. The first kappa shape index (κ1) is 15.9. The smallest absolute Gasteiger partial charge is 0.214 e. The maximum Gasteiger partial charge on any atom is 0.214 e. The Morgan fingerprint density at radius 1 is 1.33 bits per heavy atom. The lowest BCUT2D eigenvalue weighted by Crippen LogP contribution is -2.42. The molecule has 1 rings (SSSR count). The van der Waals surface area contributed by atoms with Crippen molar-refractivity contribution < 1.29 is 13.2 Å². The third-order valence-electron chi connectivity index (χ3n) is 3.22. The topological polar surface area (TPSA) is 72.6 Å². The first-order valence-electron chi connectivity index (χ1n) is 6.75. The van der Waals surface area contributed by atoms with Crippen LogP contribution in [-0.4, -0.2) is 50.8 Å². The molecule has 0 amide bonds. The molecule has 0 unspecified atom stereocenters. The first-order chi connectivity index (χ1) is 8.45. The molecule has 1 saturated heterocycles. The summed E-state index contributed by atoms with van der Waals surface area (Å²) in [6.07, 6.45) is 2.46. The quantitative estimate of drug-likeness (QED) is 0.747. The van der Waals surface area contributed by atoms with Gasteiger partial charge < -0.3 is 10.5 Å². The molecule has 0 aromatic heterocycles. The Hall–Kier alpha value is -0.170. The van der Waals surface area contributed by atoms with Gasteiger partial charge in [0, 0.05) is 19.6 Å². The van der Waals surface area contributed by atoms with Gasteiger partial charge in [0.2, 0.25) is 10.0 Å². The molecular formula is C12H26N2O3S. The monoisotopic (exact) mass is 278 g/mol. The third kappa shape index (κ3) is 5.22. The van der Waals surface area contributed by atoms with Gasteiger partial charge in [0.05, 0.1) is 18.5 Å². The van der Waals surface area contributed by atoms with E-state index in [9.17, 15) is 8.42 Å². The number of ether oxygens (including phenoxy) is 1. The van der Waals surface area contributed by atoms with Crippen molar-refractivity contribution >= 4 is 10.0 Å². The van der Waals surface area contributed by atoms with Gasteiger partial charge in [0.1, 0.15) is 0 Å². The van der Waals surface area contributed by atoms with Crippen molar-refractivity contribution in [2.75, 3.05) is 32.0 Å². The highest BCUT2D eigenvalue weighted by atomic mass is 32.2. The maximum atomic E-state index is 12.1. The van der Waals surface area contributed by atoms with Crippen molar-refractivity contribution in [1.29, 1.82) is 0 Å². The Morgan fingerprint density at radius 3 is 2.44 bits per heavy atom. The number of hydrogen-bond donors (Lipinski definition) is 1. The highest BCUT2D eigenvalue weighted by Crippen LogP contribution is 2.18. The number of nitrogens with two attached hydrogens (primary N) is 1. The van der Waals surface area contributed by atoms with E-state index in [0.717, 1.165) is 19.3 Å². The predicted octanol–water partition coefficient (Wildman–Crippen LogP) is 0.802. The number of piperidine rings is 1. The second-order valence-corrected chi connectivity index (χ2v) is 7.34. The van der Waals surface area contributed by atoms with E-state index in [1.165, 1.54) is 0 Å². The Kier molecular flexibility index (Phi) is 6.55. The van der Waals surface area contributed by atoms with Gasteiger partial charge >= 0.3 is 0 Å². The van der Waals surface area contributed by atoms with Gasteiger partial charge in [-0.15, -0.1) is 0 Å². The van der Waals surface area contributed by atoms with Crippen molar-refractivity contribution in [3.63, 3.8) is 0 Å². The second-order valence-electron chi connectivity index (χ2n) is 5.26. The molecule has 0 saturated carbocycles. The predicted molar refractivity (Wildman–Crippen MR) is 72.8 cm³/mol. The lowest BCUT2D eigenvalue weighted by atomic mass is 10.1. The molecule has 0 aromatic carbocycles. The first-order valence-corrected chi connectivity index (χ1v) is 8.36. The van der Waals surface area contributed by atoms with Crippen molar-refractivity contribution in [3.8, 4) is 0 Å². The fourth-order valence-corrected chi connectivity index (χ4v) is 3.82. The highest BCUT2D eigenvalue weighted by Gasteiger charge is 2.27. The largest absolute Gasteiger partial charge is 0.377 e. The summed E-state index contributed by atoms with van der Waals surface area (Å²) in [4.78, 5) is 0. The molecule has 2 N–H and O–H groups in total. The summed E-state index contributed by atoms with van der Waals surface area (Å²) in [5, 5.41) is 0. The van der Waals surface area contributed by atoms with Gasteiger partial charge in [-0.2, -0.15) is 0 Å². The van der Waals surface area contributed by atoms with Crippen molar-refractivity contribution in [1.82, 2.24) is 4.31 Å². The van der Waals surface area contributed by atoms with Crippen molar-refractivity contribution in [2.24, 2.45) is 11.7 Å². The zero-order chi connectivity index (χ0) is 13.6. The van der Waals surface area contributed by atoms with E-state index in [1.54, 1.807) is 4.31 Å². The Balaban J connectivity index is 2.37. The van der Waals surface area contributed by atoms with E-state index in [0.29, 0.717) is 32.2 Å². The van der Waals surface area contributed by atoms with Gasteiger partial charge in [0.25, 0.3) is 0 Å². The molecule has 18 heavy (non-hydrogen) atoms. The van der Waals surface area contributed by atoms with E-state index in [4.69, 9.17) is 10.5 Å². The van der Waals surface area contributed by atoms with Gasteiger partial charge in [-0.1, -0.05) is 13.8 Å². The molecule has 0 bridgehead atoms. The van der Waals surface area contributed by atoms with Gasteiger partial charge in [-0.25, -0.2) is 12.7 Å². The summed E-state index contributed by atoms with van der Waals surface area (Å²) < 4.78 is 31.3. The molecule has 1 aliphatic heterocycles. The van der Waals surface area contributed by atoms with Crippen molar-refractivity contribution in [2.45, 2.75) is 39.2 Å². The Labute approximate surface area is 111 Å². The molecule has 0 aromatic rings. The Morgan fingerprint density at radius 2 is 1.94 bits per heavy atom. The van der Waals surface area contributed by atoms with Crippen LogP contribution in [0.1, 0.15) is 33.1 Å². The molecular weight excluding hydrogens is 252 g/mol. The zero-order valence-electron chi connectivity index (χ0n) is 11.5. The van der Waals surface area contributed by atoms with E-state index >= 15 is 0 Å². The molecule has 5 nitrogen and oxygen atoms in total. The Bertz CT molecular complexity index is 322. The van der Waals surface area contributed by atoms with Gasteiger partial charge in [-0.05, 0) is 25.2 Å². The lowest BCUT2D eigenvalue weighted by molar-refractivity contribution is 0.0257. The number of nitrogens with zero attached hydrogens (tertiary/aromatic N) is 1. The van der Waals surface area contributed by atoms with Crippen LogP contribution < -0.4 is 5.73 Å². The normalized spacial score (nSPS) is 19.6. The average Bonchev–Trinajstić information content (AvgIpc) is 2.34. The average molecular weight is 278 g/mol. The molecule has 0 aliphatic carbocycles. The minimum absolute atomic E-state index is 0.171. The summed E-state index contributed by atoms with van der Waals surface area (Å²) in [7, 11) is -3.07. The summed E-state index contributed by atoms with van der Waals surface area (Å²) in [6, 6.07) is 0. The summed E-state index contributed by atoms with van der Waals surface area (Å²) in [5.74, 6) is 0.684. The number of sulfonamides is 1. The van der Waals surface area contributed by atoms with E-state index in [-0.39, 0.29) is 11.9 Å². The maximum absolute atomic E-state index is 12.1. The van der Waals surface area contributed by atoms with E-state index < -0.39 is 10.0 Å². The lowest BCUT2D eigenvalue weighted by Gasteiger charge is -2.31. The SMILES string of the molecule is CC(C)CCS(=O)(=O)N1CCC(OCCN)CC1. The number of hydrogen-bond acceptors (Lipinski definition) is 4. The van der Waals surface area contributed by atoms with Crippen LogP contribution in [0.25, 0.3) is 0 Å². The standard InChI is InChI=1S/C12H26N2O3S/c1-11(2)5-10-18(15,16)14-7-3-12(4-8-14)17-9-6-13/h11-12H,3-10,13H2,1-2H3. The minimum Gasteiger partial charge on any atom is -0.377 e. The van der Waals surface area contributed by atoms with Crippen LogP contribution in [0.4, 0.5) is 0 Å². The molecule has 1 aliphatic rings. The summed E-state index contributed by atoms with van der Waals surface area (Å²) in [6.45, 7) is 6.33. The van der Waals surface area contributed by atoms with Crippen LogP contribution in [0.3, 0.4) is 0 Å². The van der Waals surface area contributed by atoms with Gasteiger partial charge in [0.15, 0.2) is 0 Å². The molecule has 1 heterocycles. The van der Waals surface area contributed by atoms with Crippen LogP contribution in [0.5, 0.6) is 0 Å². The van der Waals surface area contributed by atoms with Crippen LogP contribution in [0.2, 0.25) is 0 Å². The zero-order valence-corrected chi connectivity index (χ0v) is 12.3.